The first-order valence-electron chi connectivity index (χ1n) is 14.7. The van der Waals surface area contributed by atoms with Crippen LogP contribution in [0.15, 0.2) is 48.7 Å². The summed E-state index contributed by atoms with van der Waals surface area (Å²) in [6, 6.07) is 15.5. The zero-order valence-corrected chi connectivity index (χ0v) is 24.9. The highest BCUT2D eigenvalue weighted by Gasteiger charge is 2.42. The van der Waals surface area contributed by atoms with E-state index in [0.29, 0.717) is 11.2 Å². The molecule has 3 aliphatic rings. The Morgan fingerprint density at radius 2 is 1.74 bits per heavy atom. The van der Waals surface area contributed by atoms with Crippen LogP contribution in [0.2, 0.25) is 5.02 Å². The molecule has 0 amide bonds. The Morgan fingerprint density at radius 1 is 0.974 bits per heavy atom. The van der Waals surface area contributed by atoms with Gasteiger partial charge in [0.15, 0.2) is 5.11 Å². The number of benzene rings is 1. The van der Waals surface area contributed by atoms with Crippen molar-refractivity contribution in [2.24, 2.45) is 5.92 Å². The first-order chi connectivity index (χ1) is 18.9. The first-order valence-corrected chi connectivity index (χ1v) is 15.4. The van der Waals surface area contributed by atoms with Crippen molar-refractivity contribution in [3.8, 4) is 0 Å². The lowest BCUT2D eigenvalue weighted by atomic mass is 9.94. The van der Waals surface area contributed by atoms with Crippen LogP contribution in [0.25, 0.3) is 0 Å². The lowest BCUT2D eigenvalue weighted by Gasteiger charge is -2.33. The fourth-order valence-electron chi connectivity index (χ4n) is 7.10. The highest BCUT2D eigenvalue weighted by Crippen LogP contribution is 2.46. The van der Waals surface area contributed by atoms with Crippen LogP contribution < -0.4 is 15.1 Å². The van der Waals surface area contributed by atoms with E-state index < -0.39 is 0 Å². The standard InChI is InChI=1S/C32H40ClN5S/c1-21-14-17-36(18-15-21)29-13-12-25(20-27(29)33)38-31(30(35-32(38)39)28-11-7-8-16-34-28)26-19-22(2)37(23(26)3)24-9-5-4-6-10-24/h7-8,11-13,16,19-21,24,30-31H,4-6,9-10,14-15,17-18H2,1-3H3,(H,35,39). The molecule has 0 bridgehead atoms. The minimum absolute atomic E-state index is 0.0197. The Kier molecular flexibility index (Phi) is 7.60. The number of aromatic nitrogens is 2. The number of piperidine rings is 1. The van der Waals surface area contributed by atoms with Crippen molar-refractivity contribution < 1.29 is 0 Å². The van der Waals surface area contributed by atoms with Crippen LogP contribution in [0.5, 0.6) is 0 Å². The molecule has 206 valence electrons. The number of hydrogen-bond donors (Lipinski definition) is 1. The number of thiocarbonyl (C=S) groups is 1. The minimum Gasteiger partial charge on any atom is -0.370 e. The van der Waals surface area contributed by atoms with Gasteiger partial charge in [-0.3, -0.25) is 4.98 Å². The molecule has 2 saturated heterocycles. The Labute approximate surface area is 243 Å². The molecule has 0 radical (unpaired) electrons. The fourth-order valence-corrected chi connectivity index (χ4v) is 7.74. The number of aryl methyl sites for hydroxylation is 1. The van der Waals surface area contributed by atoms with Gasteiger partial charge in [-0.1, -0.05) is 43.9 Å². The van der Waals surface area contributed by atoms with Crippen molar-refractivity contribution in [1.82, 2.24) is 14.9 Å². The maximum absolute atomic E-state index is 6.99. The largest absolute Gasteiger partial charge is 0.370 e. The molecule has 1 saturated carbocycles. The maximum atomic E-state index is 6.99. The van der Waals surface area contributed by atoms with Crippen molar-refractivity contribution in [2.75, 3.05) is 22.9 Å². The van der Waals surface area contributed by atoms with E-state index in [1.165, 1.54) is 61.9 Å². The second-order valence-corrected chi connectivity index (χ2v) is 12.6. The van der Waals surface area contributed by atoms with E-state index >= 15 is 0 Å². The number of nitrogens with zero attached hydrogens (tertiary/aromatic N) is 4. The monoisotopic (exact) mass is 561 g/mol. The van der Waals surface area contributed by atoms with Crippen LogP contribution in [-0.4, -0.2) is 27.8 Å². The molecule has 7 heteroatoms. The van der Waals surface area contributed by atoms with Gasteiger partial charge in [0.2, 0.25) is 0 Å². The molecule has 0 spiro atoms. The number of nitrogens with one attached hydrogen (secondary N) is 1. The highest BCUT2D eigenvalue weighted by atomic mass is 35.5. The number of rotatable bonds is 5. The molecule has 1 aromatic carbocycles. The zero-order chi connectivity index (χ0) is 27.1. The van der Waals surface area contributed by atoms with Gasteiger partial charge < -0.3 is 19.7 Å². The average Bonchev–Trinajstić information content (AvgIpc) is 3.45. The number of halogens is 1. The second-order valence-electron chi connectivity index (χ2n) is 11.8. The van der Waals surface area contributed by atoms with Crippen molar-refractivity contribution >= 4 is 40.3 Å². The molecule has 2 atom stereocenters. The molecular weight excluding hydrogens is 522 g/mol. The summed E-state index contributed by atoms with van der Waals surface area (Å²) < 4.78 is 2.59. The summed E-state index contributed by atoms with van der Waals surface area (Å²) in [5, 5.41) is 5.14. The predicted molar refractivity (Wildman–Crippen MR) is 166 cm³/mol. The minimum atomic E-state index is -0.0546. The van der Waals surface area contributed by atoms with Crippen LogP contribution in [-0.2, 0) is 0 Å². The van der Waals surface area contributed by atoms with E-state index in [2.05, 4.69) is 76.9 Å². The Morgan fingerprint density at radius 3 is 2.44 bits per heavy atom. The summed E-state index contributed by atoms with van der Waals surface area (Å²) in [6.45, 7) is 9.01. The fraction of sp³-hybridized carbons (Fsp3) is 0.500. The number of anilines is 2. The van der Waals surface area contributed by atoms with Gasteiger partial charge in [-0.25, -0.2) is 0 Å². The second kappa shape index (κ2) is 11.1. The summed E-state index contributed by atoms with van der Waals surface area (Å²) in [4.78, 5) is 9.46. The van der Waals surface area contributed by atoms with Crippen LogP contribution in [0.1, 0.15) is 92.6 Å². The van der Waals surface area contributed by atoms with Gasteiger partial charge in [0.1, 0.15) is 0 Å². The summed E-state index contributed by atoms with van der Waals surface area (Å²) in [7, 11) is 0. The van der Waals surface area contributed by atoms with Crippen LogP contribution in [0.3, 0.4) is 0 Å². The van der Waals surface area contributed by atoms with Gasteiger partial charge in [-0.15, -0.1) is 0 Å². The summed E-state index contributed by atoms with van der Waals surface area (Å²) in [6.07, 6.45) is 10.8. The molecule has 5 nitrogen and oxygen atoms in total. The summed E-state index contributed by atoms with van der Waals surface area (Å²) in [5.41, 5.74) is 7.13. The molecule has 39 heavy (non-hydrogen) atoms. The quantitative estimate of drug-likeness (QED) is 0.319. The van der Waals surface area contributed by atoms with Gasteiger partial charge in [0.25, 0.3) is 0 Å². The lowest BCUT2D eigenvalue weighted by molar-refractivity contribution is 0.345. The van der Waals surface area contributed by atoms with Gasteiger partial charge >= 0.3 is 0 Å². The van der Waals surface area contributed by atoms with Gasteiger partial charge in [0.05, 0.1) is 28.5 Å². The highest BCUT2D eigenvalue weighted by molar-refractivity contribution is 7.80. The van der Waals surface area contributed by atoms with Gasteiger partial charge in [0, 0.05) is 42.4 Å². The Bertz CT molecular complexity index is 1320. The van der Waals surface area contributed by atoms with Gasteiger partial charge in [-0.2, -0.15) is 0 Å². The number of hydrogen-bond acceptors (Lipinski definition) is 3. The SMILES string of the molecule is Cc1cc(C2C(c3ccccn3)NC(=S)N2c2ccc(N3CCC(C)CC3)c(Cl)c2)c(C)n1C1CCCCC1. The lowest BCUT2D eigenvalue weighted by Crippen LogP contribution is -2.33. The topological polar surface area (TPSA) is 36.3 Å². The van der Waals surface area contributed by atoms with Crippen molar-refractivity contribution in [3.05, 3.63) is 76.3 Å². The van der Waals surface area contributed by atoms with Crippen LogP contribution in [0.4, 0.5) is 11.4 Å². The van der Waals surface area contributed by atoms with Crippen LogP contribution >= 0.6 is 23.8 Å². The summed E-state index contributed by atoms with van der Waals surface area (Å²) >= 11 is 13.0. The molecule has 1 N–H and O–H groups in total. The molecule has 2 aromatic heterocycles. The van der Waals surface area contributed by atoms with E-state index in [1.807, 2.05) is 12.3 Å². The zero-order valence-electron chi connectivity index (χ0n) is 23.4. The van der Waals surface area contributed by atoms with Gasteiger partial charge in [-0.05, 0) is 99.6 Å². The maximum Gasteiger partial charge on any atom is 0.174 e. The molecule has 3 fully saturated rings. The summed E-state index contributed by atoms with van der Waals surface area (Å²) in [5.74, 6) is 0.782. The third-order valence-corrected chi connectivity index (χ3v) is 9.83. The van der Waals surface area contributed by atoms with Crippen LogP contribution in [0, 0.1) is 19.8 Å². The molecule has 2 unspecified atom stereocenters. The van der Waals surface area contributed by atoms with E-state index in [-0.39, 0.29) is 12.1 Å². The predicted octanol–water partition coefficient (Wildman–Crippen LogP) is 8.07. The molecule has 3 aromatic rings. The molecule has 2 aliphatic heterocycles. The van der Waals surface area contributed by atoms with E-state index in [4.69, 9.17) is 28.8 Å². The smallest absolute Gasteiger partial charge is 0.174 e. The Balaban J connectivity index is 1.40. The Hall–Kier alpha value is -2.57. The van der Waals surface area contributed by atoms with E-state index in [9.17, 15) is 0 Å². The molecule has 1 aliphatic carbocycles. The van der Waals surface area contributed by atoms with E-state index in [1.54, 1.807) is 0 Å². The van der Waals surface area contributed by atoms with E-state index in [0.717, 1.165) is 41.1 Å². The molecule has 6 rings (SSSR count). The van der Waals surface area contributed by atoms with Crippen molar-refractivity contribution in [1.29, 1.82) is 0 Å². The van der Waals surface area contributed by atoms with Crippen molar-refractivity contribution in [2.45, 2.75) is 83.8 Å². The molecular formula is C32H40ClN5S. The molecule has 4 heterocycles. The third-order valence-electron chi connectivity index (χ3n) is 9.21. The van der Waals surface area contributed by atoms with Crippen molar-refractivity contribution in [3.63, 3.8) is 0 Å². The third kappa shape index (κ3) is 5.06. The average molecular weight is 562 g/mol. The first kappa shape index (κ1) is 26.6. The normalized spacial score (nSPS) is 22.9. The number of pyridine rings is 1.